The molecule has 6 heteroatoms. The first-order valence-electron chi connectivity index (χ1n) is 8.32. The normalized spacial score (nSPS) is 17.6. The van der Waals surface area contributed by atoms with Gasteiger partial charge in [-0.2, -0.15) is 14.6 Å². The second kappa shape index (κ2) is 6.11. The van der Waals surface area contributed by atoms with Gasteiger partial charge in [0.25, 0.3) is 5.78 Å². The van der Waals surface area contributed by atoms with Crippen LogP contribution in [0.1, 0.15) is 24.1 Å². The number of anilines is 1. The van der Waals surface area contributed by atoms with Crippen LogP contribution < -0.4 is 9.64 Å². The highest BCUT2D eigenvalue weighted by Gasteiger charge is 2.28. The quantitative estimate of drug-likeness (QED) is 0.739. The van der Waals surface area contributed by atoms with Crippen molar-refractivity contribution in [1.29, 1.82) is 0 Å². The third-order valence-electron chi connectivity index (χ3n) is 4.68. The van der Waals surface area contributed by atoms with Crippen molar-refractivity contribution in [3.63, 3.8) is 0 Å². The van der Waals surface area contributed by atoms with E-state index in [1.807, 2.05) is 23.6 Å². The third kappa shape index (κ3) is 2.58. The van der Waals surface area contributed by atoms with Gasteiger partial charge in [-0.25, -0.2) is 4.98 Å². The number of benzene rings is 1. The highest BCUT2D eigenvalue weighted by molar-refractivity contribution is 5.49. The number of rotatable bonds is 4. The van der Waals surface area contributed by atoms with Gasteiger partial charge in [-0.15, -0.1) is 0 Å². The van der Waals surface area contributed by atoms with Crippen LogP contribution >= 0.6 is 0 Å². The van der Waals surface area contributed by atoms with Crippen LogP contribution in [0.5, 0.6) is 5.75 Å². The highest BCUT2D eigenvalue weighted by Crippen LogP contribution is 2.30. The van der Waals surface area contributed by atoms with Crippen LogP contribution in [0.15, 0.2) is 36.7 Å². The van der Waals surface area contributed by atoms with Gasteiger partial charge in [-0.1, -0.05) is 18.2 Å². The van der Waals surface area contributed by atoms with Gasteiger partial charge in [-0.3, -0.25) is 0 Å². The standard InChI is InChI=1S/C18H21N5O/c1-13-10-17(23-18(21-13)19-12-20-23)22-9-5-7-15(22)11-14-6-3-4-8-16(14)24-2/h3-4,6,8,10,12,15H,5,7,9,11H2,1-2H3/t15-/m1/s1. The van der Waals surface area contributed by atoms with Crippen LogP contribution in [0.25, 0.3) is 5.78 Å². The molecule has 3 heterocycles. The number of ether oxygens (including phenoxy) is 1. The van der Waals surface area contributed by atoms with Gasteiger partial charge in [-0.05, 0) is 37.8 Å². The second-order valence-corrected chi connectivity index (χ2v) is 6.23. The maximum absolute atomic E-state index is 5.52. The monoisotopic (exact) mass is 323 g/mol. The van der Waals surface area contributed by atoms with E-state index in [1.54, 1.807) is 13.4 Å². The SMILES string of the molecule is COc1ccccc1C[C@H]1CCCN1c1cc(C)nc2ncnn12. The smallest absolute Gasteiger partial charge is 0.254 e. The van der Waals surface area contributed by atoms with E-state index >= 15 is 0 Å². The Morgan fingerprint density at radius 2 is 2.17 bits per heavy atom. The molecule has 0 amide bonds. The molecule has 0 spiro atoms. The zero-order valence-corrected chi connectivity index (χ0v) is 14.0. The molecule has 3 aromatic rings. The Bertz CT molecular complexity index is 859. The van der Waals surface area contributed by atoms with Crippen LogP contribution in [0.4, 0.5) is 5.82 Å². The molecule has 1 aliphatic rings. The maximum Gasteiger partial charge on any atom is 0.254 e. The summed E-state index contributed by atoms with van der Waals surface area (Å²) in [5, 5.41) is 4.36. The van der Waals surface area contributed by atoms with Crippen molar-refractivity contribution in [3.8, 4) is 5.75 Å². The van der Waals surface area contributed by atoms with E-state index in [1.165, 1.54) is 12.0 Å². The number of methoxy groups -OCH3 is 1. The van der Waals surface area contributed by atoms with E-state index in [4.69, 9.17) is 4.74 Å². The van der Waals surface area contributed by atoms with Crippen molar-refractivity contribution in [2.45, 2.75) is 32.2 Å². The first-order valence-corrected chi connectivity index (χ1v) is 8.32. The molecule has 0 bridgehead atoms. The second-order valence-electron chi connectivity index (χ2n) is 6.23. The molecule has 1 aromatic carbocycles. The minimum absolute atomic E-state index is 0.426. The molecule has 124 valence electrons. The predicted molar refractivity (Wildman–Crippen MR) is 92.6 cm³/mol. The molecular weight excluding hydrogens is 302 g/mol. The van der Waals surface area contributed by atoms with E-state index in [0.717, 1.165) is 36.6 Å². The van der Waals surface area contributed by atoms with E-state index in [9.17, 15) is 0 Å². The molecule has 0 aliphatic carbocycles. The Morgan fingerprint density at radius 1 is 1.29 bits per heavy atom. The lowest BCUT2D eigenvalue weighted by molar-refractivity contribution is 0.407. The predicted octanol–water partition coefficient (Wildman–Crippen LogP) is 2.65. The minimum Gasteiger partial charge on any atom is -0.496 e. The van der Waals surface area contributed by atoms with Crippen molar-refractivity contribution in [3.05, 3.63) is 47.9 Å². The van der Waals surface area contributed by atoms with Gasteiger partial charge < -0.3 is 9.64 Å². The molecule has 0 unspecified atom stereocenters. The number of fused-ring (bicyclic) bond motifs is 1. The number of hydrogen-bond acceptors (Lipinski definition) is 5. The van der Waals surface area contributed by atoms with E-state index in [2.05, 4.69) is 38.2 Å². The zero-order chi connectivity index (χ0) is 16.5. The molecule has 0 radical (unpaired) electrons. The molecular formula is C18H21N5O. The summed E-state index contributed by atoms with van der Waals surface area (Å²) < 4.78 is 7.36. The lowest BCUT2D eigenvalue weighted by Crippen LogP contribution is -2.33. The number of aromatic nitrogens is 4. The first-order chi connectivity index (χ1) is 11.8. The number of aryl methyl sites for hydroxylation is 1. The van der Waals surface area contributed by atoms with Crippen molar-refractivity contribution < 1.29 is 4.74 Å². The van der Waals surface area contributed by atoms with E-state index < -0.39 is 0 Å². The number of hydrogen-bond donors (Lipinski definition) is 0. The minimum atomic E-state index is 0.426. The number of para-hydroxylation sites is 1. The summed E-state index contributed by atoms with van der Waals surface area (Å²) in [7, 11) is 1.73. The Hall–Kier alpha value is -2.63. The molecule has 1 aliphatic heterocycles. The summed E-state index contributed by atoms with van der Waals surface area (Å²) in [6, 6.07) is 10.8. The Morgan fingerprint density at radius 3 is 3.04 bits per heavy atom. The van der Waals surface area contributed by atoms with Gasteiger partial charge >= 0.3 is 0 Å². The molecule has 1 atom stereocenters. The molecule has 0 saturated carbocycles. The summed E-state index contributed by atoms with van der Waals surface area (Å²) in [5.41, 5.74) is 2.21. The molecule has 1 fully saturated rings. The van der Waals surface area contributed by atoms with Crippen molar-refractivity contribution in [2.24, 2.45) is 0 Å². The highest BCUT2D eigenvalue weighted by atomic mass is 16.5. The van der Waals surface area contributed by atoms with Crippen LogP contribution in [-0.2, 0) is 6.42 Å². The zero-order valence-electron chi connectivity index (χ0n) is 14.0. The van der Waals surface area contributed by atoms with Gasteiger partial charge in [0.15, 0.2) is 0 Å². The summed E-state index contributed by atoms with van der Waals surface area (Å²) in [6.07, 6.45) is 4.87. The summed E-state index contributed by atoms with van der Waals surface area (Å²) in [5.74, 6) is 2.70. The Kier molecular flexibility index (Phi) is 3.80. The average Bonchev–Trinajstić information content (AvgIpc) is 3.23. The summed E-state index contributed by atoms with van der Waals surface area (Å²) in [6.45, 7) is 3.03. The molecule has 4 rings (SSSR count). The first kappa shape index (κ1) is 14.9. The fourth-order valence-electron chi connectivity index (χ4n) is 3.59. The Labute approximate surface area is 141 Å². The van der Waals surface area contributed by atoms with Crippen LogP contribution in [0.3, 0.4) is 0 Å². The topological polar surface area (TPSA) is 55.5 Å². The lowest BCUT2D eigenvalue weighted by Gasteiger charge is -2.27. The molecule has 0 N–H and O–H groups in total. The van der Waals surface area contributed by atoms with Crippen molar-refractivity contribution in [1.82, 2.24) is 19.6 Å². The molecule has 24 heavy (non-hydrogen) atoms. The maximum atomic E-state index is 5.52. The largest absolute Gasteiger partial charge is 0.496 e. The van der Waals surface area contributed by atoms with Crippen LogP contribution in [-0.4, -0.2) is 39.3 Å². The lowest BCUT2D eigenvalue weighted by atomic mass is 10.0. The van der Waals surface area contributed by atoms with Gasteiger partial charge in [0.1, 0.15) is 17.9 Å². The Balaban J connectivity index is 1.68. The summed E-state index contributed by atoms with van der Waals surface area (Å²) in [4.78, 5) is 11.1. The third-order valence-corrected chi connectivity index (χ3v) is 4.68. The summed E-state index contributed by atoms with van der Waals surface area (Å²) >= 11 is 0. The van der Waals surface area contributed by atoms with Gasteiger partial charge in [0.05, 0.1) is 7.11 Å². The number of nitrogens with zero attached hydrogens (tertiary/aromatic N) is 5. The fourth-order valence-corrected chi connectivity index (χ4v) is 3.59. The van der Waals surface area contributed by atoms with Gasteiger partial charge in [0.2, 0.25) is 0 Å². The van der Waals surface area contributed by atoms with Crippen LogP contribution in [0, 0.1) is 6.92 Å². The molecule has 6 nitrogen and oxygen atoms in total. The van der Waals surface area contributed by atoms with Crippen molar-refractivity contribution >= 4 is 11.6 Å². The fraction of sp³-hybridized carbons (Fsp3) is 0.389. The van der Waals surface area contributed by atoms with Crippen molar-refractivity contribution in [2.75, 3.05) is 18.6 Å². The average molecular weight is 323 g/mol. The van der Waals surface area contributed by atoms with Crippen LogP contribution in [0.2, 0.25) is 0 Å². The van der Waals surface area contributed by atoms with Gasteiger partial charge in [0, 0.05) is 24.3 Å². The van der Waals surface area contributed by atoms with E-state index in [-0.39, 0.29) is 0 Å². The molecule has 1 saturated heterocycles. The van der Waals surface area contributed by atoms with E-state index in [0.29, 0.717) is 11.8 Å². The molecule has 2 aromatic heterocycles.